The van der Waals surface area contributed by atoms with Crippen molar-refractivity contribution in [2.75, 3.05) is 39.6 Å². The van der Waals surface area contributed by atoms with E-state index < -0.39 is 97.5 Å². The molecule has 3 N–H and O–H groups in total. The van der Waals surface area contributed by atoms with E-state index in [2.05, 4.69) is 34.6 Å². The van der Waals surface area contributed by atoms with Crippen LogP contribution < -0.4 is 0 Å². The van der Waals surface area contributed by atoms with Crippen LogP contribution in [-0.4, -0.2) is 96.7 Å². The molecule has 0 aromatic rings. The van der Waals surface area contributed by atoms with E-state index in [0.29, 0.717) is 25.7 Å². The summed E-state index contributed by atoms with van der Waals surface area (Å²) < 4.78 is 68.4. The maximum atomic E-state index is 13.1. The number of hydrogen-bond donors (Lipinski definition) is 3. The van der Waals surface area contributed by atoms with Gasteiger partial charge >= 0.3 is 39.5 Å². The Labute approximate surface area is 581 Å². The summed E-state index contributed by atoms with van der Waals surface area (Å²) in [5.41, 5.74) is 0. The molecule has 95 heavy (non-hydrogen) atoms. The number of carbonyl (C=O) groups excluding carboxylic acids is 4. The molecule has 0 aliphatic carbocycles. The highest BCUT2D eigenvalue weighted by atomic mass is 31.2. The molecule has 5 atom stereocenters. The summed E-state index contributed by atoms with van der Waals surface area (Å²) in [7, 11) is -9.90. The van der Waals surface area contributed by atoms with Gasteiger partial charge in [-0.25, -0.2) is 9.13 Å². The van der Waals surface area contributed by atoms with Gasteiger partial charge in [0.15, 0.2) is 12.2 Å². The Hall–Kier alpha value is -1.94. The van der Waals surface area contributed by atoms with Crippen LogP contribution in [0, 0.1) is 5.92 Å². The maximum absolute atomic E-state index is 13.1. The molecular weight excluding hydrogens is 1250 g/mol. The molecule has 564 valence electrons. The van der Waals surface area contributed by atoms with Crippen molar-refractivity contribution in [2.45, 2.75) is 419 Å². The lowest BCUT2D eigenvalue weighted by atomic mass is 10.0. The third kappa shape index (κ3) is 70.3. The normalized spacial score (nSPS) is 13.9. The van der Waals surface area contributed by atoms with E-state index in [1.54, 1.807) is 0 Å². The van der Waals surface area contributed by atoms with Crippen molar-refractivity contribution < 1.29 is 80.2 Å². The first-order valence-corrected chi connectivity index (χ1v) is 42.6. The second-order valence-electron chi connectivity index (χ2n) is 27.9. The first-order valence-electron chi connectivity index (χ1n) is 39.6. The van der Waals surface area contributed by atoms with Crippen LogP contribution in [0.15, 0.2) is 0 Å². The molecule has 19 heteroatoms. The van der Waals surface area contributed by atoms with Crippen molar-refractivity contribution in [3.05, 3.63) is 0 Å². The molecule has 0 aliphatic heterocycles. The largest absolute Gasteiger partial charge is 0.472 e. The monoisotopic (exact) mass is 1400 g/mol. The lowest BCUT2D eigenvalue weighted by Gasteiger charge is -2.21. The highest BCUT2D eigenvalue weighted by Crippen LogP contribution is 2.45. The quantitative estimate of drug-likeness (QED) is 0.0222. The van der Waals surface area contributed by atoms with E-state index in [1.807, 2.05) is 0 Å². The first-order chi connectivity index (χ1) is 46.0. The predicted molar refractivity (Wildman–Crippen MR) is 386 cm³/mol. The molecule has 0 spiro atoms. The van der Waals surface area contributed by atoms with Gasteiger partial charge in [0.05, 0.1) is 26.4 Å². The molecule has 0 aromatic carbocycles. The number of aliphatic hydroxyl groups excluding tert-OH is 1. The molecule has 0 bridgehead atoms. The Morgan fingerprint density at radius 2 is 0.484 bits per heavy atom. The number of esters is 4. The molecule has 0 aliphatic rings. The van der Waals surface area contributed by atoms with Crippen LogP contribution in [0.2, 0.25) is 0 Å². The van der Waals surface area contributed by atoms with Gasteiger partial charge in [-0.1, -0.05) is 349 Å². The summed E-state index contributed by atoms with van der Waals surface area (Å²) in [5, 5.41) is 10.6. The first kappa shape index (κ1) is 93.1. The highest BCUT2D eigenvalue weighted by molar-refractivity contribution is 7.47. The maximum Gasteiger partial charge on any atom is 0.472 e. The van der Waals surface area contributed by atoms with Gasteiger partial charge < -0.3 is 33.8 Å². The van der Waals surface area contributed by atoms with Crippen molar-refractivity contribution in [1.82, 2.24) is 0 Å². The van der Waals surface area contributed by atoms with Gasteiger partial charge in [0.25, 0.3) is 0 Å². The molecular formula is C76H148O17P2. The molecule has 0 saturated heterocycles. The SMILES string of the molecule is CCCCCCCCCCCCCCCCCCCCCCCCC(=O)O[C@H](COC(=O)CCCCCCCCCCCCCCCC(C)C)COP(=O)(O)OC[C@@H](O)COP(=O)(O)OC[C@@H](COC(=O)CCCCCCCCCC)OC(=O)CCCCCCCCCCC. The number of ether oxygens (including phenoxy) is 4. The van der Waals surface area contributed by atoms with Crippen LogP contribution in [0.1, 0.15) is 401 Å². The summed E-state index contributed by atoms with van der Waals surface area (Å²) >= 11 is 0. The van der Waals surface area contributed by atoms with Gasteiger partial charge in [-0.2, -0.15) is 0 Å². The van der Waals surface area contributed by atoms with Gasteiger partial charge in [0.2, 0.25) is 0 Å². The Morgan fingerprint density at radius 3 is 0.716 bits per heavy atom. The Balaban J connectivity index is 5.14. The Bertz CT molecular complexity index is 1820. The average Bonchev–Trinajstić information content (AvgIpc) is 1.23. The number of rotatable bonds is 76. The second kappa shape index (κ2) is 69.2. The molecule has 0 aromatic heterocycles. The molecule has 0 fully saturated rings. The van der Waals surface area contributed by atoms with Crippen LogP contribution >= 0.6 is 15.6 Å². The van der Waals surface area contributed by atoms with Crippen LogP contribution in [0.25, 0.3) is 0 Å². The number of aliphatic hydroxyl groups is 1. The molecule has 0 rings (SSSR count). The minimum atomic E-state index is -4.96. The topological polar surface area (TPSA) is 237 Å². The van der Waals surface area contributed by atoms with Gasteiger partial charge in [0, 0.05) is 25.7 Å². The molecule has 0 saturated carbocycles. The van der Waals surface area contributed by atoms with Crippen molar-refractivity contribution in [2.24, 2.45) is 5.92 Å². The van der Waals surface area contributed by atoms with E-state index in [1.165, 1.54) is 218 Å². The van der Waals surface area contributed by atoms with Crippen molar-refractivity contribution in [1.29, 1.82) is 0 Å². The Morgan fingerprint density at radius 1 is 0.284 bits per heavy atom. The number of carbonyl (C=O) groups is 4. The van der Waals surface area contributed by atoms with E-state index in [0.717, 1.165) is 102 Å². The lowest BCUT2D eigenvalue weighted by Crippen LogP contribution is -2.30. The number of phosphoric ester groups is 2. The van der Waals surface area contributed by atoms with Crippen LogP contribution in [-0.2, 0) is 65.4 Å². The van der Waals surface area contributed by atoms with Crippen molar-refractivity contribution in [3.8, 4) is 0 Å². The van der Waals surface area contributed by atoms with Gasteiger partial charge in [0.1, 0.15) is 19.3 Å². The Kier molecular flexibility index (Phi) is 67.7. The zero-order valence-corrected chi connectivity index (χ0v) is 63.6. The molecule has 0 radical (unpaired) electrons. The van der Waals surface area contributed by atoms with E-state index in [4.69, 9.17) is 37.0 Å². The fourth-order valence-corrected chi connectivity index (χ4v) is 13.3. The molecule has 0 heterocycles. The molecule has 2 unspecified atom stereocenters. The molecule has 0 amide bonds. The second-order valence-corrected chi connectivity index (χ2v) is 30.8. The smallest absolute Gasteiger partial charge is 0.462 e. The minimum Gasteiger partial charge on any atom is -0.462 e. The fourth-order valence-electron chi connectivity index (χ4n) is 11.7. The minimum absolute atomic E-state index is 0.106. The van der Waals surface area contributed by atoms with E-state index >= 15 is 0 Å². The van der Waals surface area contributed by atoms with Crippen LogP contribution in [0.5, 0.6) is 0 Å². The standard InChI is InChI=1S/C76H148O17P2/c1-6-9-12-15-18-21-22-23-24-25-26-27-28-29-30-31-34-38-42-47-52-57-62-76(81)93-72(66-87-74(79)60-55-50-45-41-37-35-32-33-36-40-43-48-53-58-69(4)5)68-91-95(84,85)89-64-70(77)63-88-94(82,83)90-67-71(65-86-73(78)59-54-49-44-20-17-14-11-8-3)92-75(80)61-56-51-46-39-19-16-13-10-7-2/h69-72,77H,6-68H2,1-5H3,(H,82,83)(H,84,85)/t70-,71+,72+/m0/s1. The number of phosphoric acid groups is 2. The highest BCUT2D eigenvalue weighted by Gasteiger charge is 2.30. The van der Waals surface area contributed by atoms with E-state index in [-0.39, 0.29) is 25.7 Å². The summed E-state index contributed by atoms with van der Waals surface area (Å²) in [6, 6.07) is 0. The summed E-state index contributed by atoms with van der Waals surface area (Å²) in [4.78, 5) is 72.6. The van der Waals surface area contributed by atoms with Crippen LogP contribution in [0.4, 0.5) is 0 Å². The average molecular weight is 1400 g/mol. The van der Waals surface area contributed by atoms with E-state index in [9.17, 15) is 43.2 Å². The predicted octanol–water partition coefficient (Wildman–Crippen LogP) is 22.5. The van der Waals surface area contributed by atoms with Gasteiger partial charge in [-0.15, -0.1) is 0 Å². The summed E-state index contributed by atoms with van der Waals surface area (Å²) in [6.07, 6.45) is 58.5. The number of unbranched alkanes of at least 4 members (excludes halogenated alkanes) is 48. The summed E-state index contributed by atoms with van der Waals surface area (Å²) in [6.45, 7) is 7.26. The lowest BCUT2D eigenvalue weighted by molar-refractivity contribution is -0.161. The zero-order chi connectivity index (χ0) is 69.8. The zero-order valence-electron chi connectivity index (χ0n) is 61.8. The summed E-state index contributed by atoms with van der Waals surface area (Å²) in [5.74, 6) is -1.33. The number of hydrogen-bond acceptors (Lipinski definition) is 15. The third-order valence-electron chi connectivity index (χ3n) is 17.8. The van der Waals surface area contributed by atoms with Crippen molar-refractivity contribution >= 4 is 39.5 Å². The molecule has 17 nitrogen and oxygen atoms in total. The van der Waals surface area contributed by atoms with Crippen molar-refractivity contribution in [3.63, 3.8) is 0 Å². The fraction of sp³-hybridized carbons (Fsp3) is 0.947. The van der Waals surface area contributed by atoms with Gasteiger partial charge in [-0.3, -0.25) is 37.3 Å². The van der Waals surface area contributed by atoms with Gasteiger partial charge in [-0.05, 0) is 31.6 Å². The third-order valence-corrected chi connectivity index (χ3v) is 19.7. The van der Waals surface area contributed by atoms with Crippen LogP contribution in [0.3, 0.4) is 0 Å².